The second kappa shape index (κ2) is 10.3. The van der Waals surface area contributed by atoms with E-state index in [1.165, 1.54) is 16.5 Å². The summed E-state index contributed by atoms with van der Waals surface area (Å²) in [6.07, 6.45) is 4.66. The summed E-state index contributed by atoms with van der Waals surface area (Å²) in [6, 6.07) is 14.9. The molecule has 0 saturated heterocycles. The summed E-state index contributed by atoms with van der Waals surface area (Å²) in [5, 5.41) is 5.40. The van der Waals surface area contributed by atoms with Crippen molar-refractivity contribution in [2.75, 3.05) is 24.5 Å². The van der Waals surface area contributed by atoms with Crippen LogP contribution in [0, 0.1) is 17.8 Å². The zero-order valence-corrected chi connectivity index (χ0v) is 16.0. The van der Waals surface area contributed by atoms with Crippen molar-refractivity contribution in [3.8, 4) is 11.8 Å². The van der Waals surface area contributed by atoms with Crippen LogP contribution in [0.3, 0.4) is 0 Å². The molecule has 0 fully saturated rings. The second-order valence-electron chi connectivity index (χ2n) is 6.46. The number of benzene rings is 2. The summed E-state index contributed by atoms with van der Waals surface area (Å²) in [6.45, 7) is 8.31. The normalized spacial score (nSPS) is 10.8. The molecule has 3 nitrogen and oxygen atoms in total. The van der Waals surface area contributed by atoms with E-state index in [-0.39, 0.29) is 11.8 Å². The van der Waals surface area contributed by atoms with E-state index in [0.717, 1.165) is 13.1 Å². The number of fused-ring (bicyclic) bond motifs is 1. The first-order valence-corrected chi connectivity index (χ1v) is 9.27. The van der Waals surface area contributed by atoms with Gasteiger partial charge in [0.1, 0.15) is 0 Å². The van der Waals surface area contributed by atoms with Crippen molar-refractivity contribution in [1.82, 2.24) is 5.32 Å². The van der Waals surface area contributed by atoms with Crippen molar-refractivity contribution in [2.24, 2.45) is 5.92 Å². The standard InChI is InChI=1S/C23H28N2O/c1-4-25(22-16-12-14-20-13-8-9-15-21(20)22)18-11-7-5-6-10-17-24-23(26)19(2)3/h7-9,11-16,19H,4,10,17-18H2,1-3H3,(H,24,26). The lowest BCUT2D eigenvalue weighted by molar-refractivity contribution is -0.123. The minimum Gasteiger partial charge on any atom is -0.368 e. The van der Waals surface area contributed by atoms with E-state index >= 15 is 0 Å². The van der Waals surface area contributed by atoms with Crippen LogP contribution in [0.2, 0.25) is 0 Å². The van der Waals surface area contributed by atoms with Crippen molar-refractivity contribution < 1.29 is 4.79 Å². The minimum absolute atomic E-state index is 0.0250. The van der Waals surface area contributed by atoms with E-state index in [1.54, 1.807) is 0 Å². The first-order valence-electron chi connectivity index (χ1n) is 9.27. The highest BCUT2D eigenvalue weighted by molar-refractivity contribution is 5.94. The molecule has 0 radical (unpaired) electrons. The van der Waals surface area contributed by atoms with Crippen LogP contribution in [0.5, 0.6) is 0 Å². The van der Waals surface area contributed by atoms with Crippen LogP contribution >= 0.6 is 0 Å². The predicted octanol–water partition coefficient (Wildman–Crippen LogP) is 4.39. The average molecular weight is 348 g/mol. The molecule has 1 N–H and O–H groups in total. The zero-order valence-electron chi connectivity index (χ0n) is 16.0. The maximum absolute atomic E-state index is 11.4. The van der Waals surface area contributed by atoms with E-state index < -0.39 is 0 Å². The van der Waals surface area contributed by atoms with E-state index in [9.17, 15) is 4.79 Å². The fourth-order valence-corrected chi connectivity index (χ4v) is 2.70. The number of hydrogen-bond acceptors (Lipinski definition) is 2. The van der Waals surface area contributed by atoms with Gasteiger partial charge in [0.15, 0.2) is 0 Å². The molecule has 0 unspecified atom stereocenters. The summed E-state index contributed by atoms with van der Waals surface area (Å²) in [7, 11) is 0. The van der Waals surface area contributed by atoms with Crippen molar-refractivity contribution in [1.29, 1.82) is 0 Å². The molecular weight excluding hydrogens is 320 g/mol. The lowest BCUT2D eigenvalue weighted by Gasteiger charge is -2.23. The molecule has 2 rings (SSSR count). The minimum atomic E-state index is 0.0250. The Bertz CT molecular complexity index is 806. The molecule has 0 aliphatic carbocycles. The number of carbonyl (C=O) groups excluding carboxylic acids is 1. The number of hydrogen-bond donors (Lipinski definition) is 1. The summed E-state index contributed by atoms with van der Waals surface area (Å²) < 4.78 is 0. The average Bonchev–Trinajstić information content (AvgIpc) is 2.66. The van der Waals surface area contributed by atoms with Crippen LogP contribution in [0.1, 0.15) is 27.2 Å². The third-order valence-corrected chi connectivity index (χ3v) is 4.19. The van der Waals surface area contributed by atoms with Crippen molar-refractivity contribution in [2.45, 2.75) is 27.2 Å². The van der Waals surface area contributed by atoms with Crippen LogP contribution in [0.4, 0.5) is 5.69 Å². The first kappa shape index (κ1) is 19.6. The van der Waals surface area contributed by atoms with Gasteiger partial charge in [0, 0.05) is 43.0 Å². The van der Waals surface area contributed by atoms with Crippen molar-refractivity contribution >= 4 is 22.4 Å². The quantitative estimate of drug-likeness (QED) is 0.594. The molecule has 3 heteroatoms. The second-order valence-corrected chi connectivity index (χ2v) is 6.46. The fourth-order valence-electron chi connectivity index (χ4n) is 2.70. The topological polar surface area (TPSA) is 32.3 Å². The molecule has 0 atom stereocenters. The summed E-state index contributed by atoms with van der Waals surface area (Å²) >= 11 is 0. The SMILES string of the molecule is CCN(CC=CC#CCCNC(=O)C(C)C)c1cccc2ccccc12. The molecule has 1 amide bonds. The number of nitrogens with one attached hydrogen (secondary N) is 1. The van der Waals surface area contributed by atoms with Gasteiger partial charge in [0.25, 0.3) is 0 Å². The Morgan fingerprint density at radius 2 is 1.96 bits per heavy atom. The first-order chi connectivity index (χ1) is 12.6. The fraction of sp³-hybridized carbons (Fsp3) is 0.348. The molecule has 0 aromatic heterocycles. The van der Waals surface area contributed by atoms with Crippen LogP contribution in [-0.4, -0.2) is 25.5 Å². The lowest BCUT2D eigenvalue weighted by Crippen LogP contribution is -2.28. The molecule has 0 bridgehead atoms. The van der Waals surface area contributed by atoms with Gasteiger partial charge < -0.3 is 10.2 Å². The Labute approximate surface area is 157 Å². The van der Waals surface area contributed by atoms with E-state index in [1.807, 2.05) is 19.9 Å². The molecule has 2 aromatic rings. The molecule has 0 spiro atoms. The van der Waals surface area contributed by atoms with E-state index in [4.69, 9.17) is 0 Å². The van der Waals surface area contributed by atoms with Gasteiger partial charge in [-0.15, -0.1) is 0 Å². The smallest absolute Gasteiger partial charge is 0.222 e. The number of nitrogens with zero attached hydrogens (tertiary/aromatic N) is 1. The molecule has 2 aromatic carbocycles. The lowest BCUT2D eigenvalue weighted by atomic mass is 10.1. The monoisotopic (exact) mass is 348 g/mol. The van der Waals surface area contributed by atoms with Crippen molar-refractivity contribution in [3.05, 3.63) is 54.6 Å². The molecule has 0 aliphatic rings. The maximum Gasteiger partial charge on any atom is 0.222 e. The molecule has 0 heterocycles. The summed E-state index contributed by atoms with van der Waals surface area (Å²) in [4.78, 5) is 13.8. The number of allylic oxidation sites excluding steroid dienone is 1. The molecule has 136 valence electrons. The Balaban J connectivity index is 1.88. The van der Waals surface area contributed by atoms with Gasteiger partial charge in [0.2, 0.25) is 5.91 Å². The zero-order chi connectivity index (χ0) is 18.8. The highest BCUT2D eigenvalue weighted by Crippen LogP contribution is 2.26. The molecular formula is C23H28N2O. The van der Waals surface area contributed by atoms with Gasteiger partial charge in [0.05, 0.1) is 0 Å². The molecule has 0 saturated carbocycles. The van der Waals surface area contributed by atoms with E-state index in [0.29, 0.717) is 13.0 Å². The van der Waals surface area contributed by atoms with Gasteiger partial charge >= 0.3 is 0 Å². The Morgan fingerprint density at radius 3 is 2.73 bits per heavy atom. The Kier molecular flexibility index (Phi) is 7.76. The number of likely N-dealkylation sites (N-methyl/N-ethyl adjacent to an activating group) is 1. The summed E-state index contributed by atoms with van der Waals surface area (Å²) in [5.74, 6) is 6.22. The highest BCUT2D eigenvalue weighted by atomic mass is 16.1. The van der Waals surface area contributed by atoms with Crippen LogP contribution < -0.4 is 10.2 Å². The largest absolute Gasteiger partial charge is 0.368 e. The number of anilines is 1. The van der Waals surface area contributed by atoms with E-state index in [2.05, 4.69) is 77.5 Å². The Morgan fingerprint density at radius 1 is 1.19 bits per heavy atom. The van der Waals surface area contributed by atoms with Crippen LogP contribution in [0.15, 0.2) is 54.6 Å². The van der Waals surface area contributed by atoms with Gasteiger partial charge in [-0.3, -0.25) is 4.79 Å². The van der Waals surface area contributed by atoms with Gasteiger partial charge in [-0.1, -0.05) is 68.2 Å². The maximum atomic E-state index is 11.4. The third kappa shape index (κ3) is 5.67. The van der Waals surface area contributed by atoms with Gasteiger partial charge in [-0.2, -0.15) is 0 Å². The highest BCUT2D eigenvalue weighted by Gasteiger charge is 2.06. The third-order valence-electron chi connectivity index (χ3n) is 4.19. The number of amides is 1. The van der Waals surface area contributed by atoms with Crippen LogP contribution in [0.25, 0.3) is 10.8 Å². The molecule has 0 aliphatic heterocycles. The molecule has 26 heavy (non-hydrogen) atoms. The number of rotatable bonds is 7. The Hall–Kier alpha value is -2.73. The van der Waals surface area contributed by atoms with Gasteiger partial charge in [-0.05, 0) is 24.5 Å². The van der Waals surface area contributed by atoms with Gasteiger partial charge in [-0.25, -0.2) is 0 Å². The summed E-state index contributed by atoms with van der Waals surface area (Å²) in [5.41, 5.74) is 1.25. The van der Waals surface area contributed by atoms with Crippen molar-refractivity contribution in [3.63, 3.8) is 0 Å². The van der Waals surface area contributed by atoms with Crippen LogP contribution in [-0.2, 0) is 4.79 Å². The number of carbonyl (C=O) groups is 1. The predicted molar refractivity (Wildman–Crippen MR) is 111 cm³/mol.